The molecule has 19 heavy (non-hydrogen) atoms. The summed E-state index contributed by atoms with van der Waals surface area (Å²) in [5.74, 6) is 0.538. The van der Waals surface area contributed by atoms with Gasteiger partial charge in [0, 0.05) is 25.1 Å². The number of pyridine rings is 1. The molecule has 1 unspecified atom stereocenters. The molecule has 0 saturated carbocycles. The number of hydrogen-bond donors (Lipinski definition) is 2. The fraction of sp³-hybridized carbons (Fsp3) is 0.429. The third kappa shape index (κ3) is 2.76. The third-order valence-corrected chi connectivity index (χ3v) is 3.60. The van der Waals surface area contributed by atoms with Gasteiger partial charge >= 0.3 is 0 Å². The van der Waals surface area contributed by atoms with Gasteiger partial charge in [0.05, 0.1) is 5.56 Å². The van der Waals surface area contributed by atoms with Crippen LogP contribution in [0.4, 0.5) is 0 Å². The van der Waals surface area contributed by atoms with Gasteiger partial charge < -0.3 is 15.0 Å². The molecule has 0 aliphatic carbocycles. The predicted octanol–water partition coefficient (Wildman–Crippen LogP) is 1.06. The summed E-state index contributed by atoms with van der Waals surface area (Å²) in [5, 5.41) is 6.37. The topological polar surface area (TPSA) is 58.4 Å². The van der Waals surface area contributed by atoms with E-state index in [2.05, 4.69) is 15.6 Å². The lowest BCUT2D eigenvalue weighted by atomic mass is 10.00. The molecule has 1 fully saturated rings. The molecule has 3 rings (SSSR count). The second-order valence-corrected chi connectivity index (χ2v) is 5.03. The van der Waals surface area contributed by atoms with E-state index in [4.69, 9.17) is 0 Å². The molecule has 2 N–H and O–H groups in total. The van der Waals surface area contributed by atoms with Crippen molar-refractivity contribution in [3.63, 3.8) is 0 Å². The van der Waals surface area contributed by atoms with E-state index in [0.29, 0.717) is 11.5 Å². The minimum Gasteiger partial charge on any atom is -0.352 e. The first-order valence-electron chi connectivity index (χ1n) is 6.74. The standard InChI is InChI=1S/C14H18N4O/c19-14(17-9-11-2-1-5-15-8-11)12-3-4-13-16-6-7-18(13)10-12/h3-4,6-7,10-11,15H,1-2,5,8-9H2,(H,17,19). The van der Waals surface area contributed by atoms with Gasteiger partial charge in [-0.25, -0.2) is 4.98 Å². The second kappa shape index (κ2) is 5.40. The molecule has 0 spiro atoms. The van der Waals surface area contributed by atoms with E-state index in [1.807, 2.05) is 28.9 Å². The molecule has 0 bridgehead atoms. The first kappa shape index (κ1) is 12.2. The van der Waals surface area contributed by atoms with Crippen LogP contribution in [0.15, 0.2) is 30.7 Å². The molecule has 2 aromatic heterocycles. The van der Waals surface area contributed by atoms with Crippen molar-refractivity contribution in [1.82, 2.24) is 20.0 Å². The fourth-order valence-electron chi connectivity index (χ4n) is 2.49. The Morgan fingerprint density at radius 1 is 1.53 bits per heavy atom. The van der Waals surface area contributed by atoms with Crippen LogP contribution in [0.25, 0.3) is 5.65 Å². The maximum atomic E-state index is 12.1. The van der Waals surface area contributed by atoms with Gasteiger partial charge in [-0.15, -0.1) is 0 Å². The number of piperidine rings is 1. The molecule has 1 aliphatic rings. The Bertz CT molecular complexity index is 572. The van der Waals surface area contributed by atoms with Crippen molar-refractivity contribution >= 4 is 11.6 Å². The van der Waals surface area contributed by atoms with E-state index in [9.17, 15) is 4.79 Å². The lowest BCUT2D eigenvalue weighted by Crippen LogP contribution is -2.38. The largest absolute Gasteiger partial charge is 0.352 e. The number of imidazole rings is 1. The fourth-order valence-corrected chi connectivity index (χ4v) is 2.49. The highest BCUT2D eigenvalue weighted by Crippen LogP contribution is 2.09. The van der Waals surface area contributed by atoms with Crippen LogP contribution in [-0.4, -0.2) is 34.9 Å². The number of nitrogens with zero attached hydrogens (tertiary/aromatic N) is 2. The zero-order valence-corrected chi connectivity index (χ0v) is 10.8. The number of nitrogens with one attached hydrogen (secondary N) is 2. The van der Waals surface area contributed by atoms with Crippen LogP contribution in [0.3, 0.4) is 0 Å². The van der Waals surface area contributed by atoms with Gasteiger partial charge in [0.25, 0.3) is 5.91 Å². The molecule has 1 amide bonds. The van der Waals surface area contributed by atoms with Crippen LogP contribution in [0.5, 0.6) is 0 Å². The number of rotatable bonds is 3. The SMILES string of the molecule is O=C(NCC1CCCNC1)c1ccc2nccn2c1. The van der Waals surface area contributed by atoms with Crippen molar-refractivity contribution in [2.24, 2.45) is 5.92 Å². The summed E-state index contributed by atoms with van der Waals surface area (Å²) in [6.45, 7) is 2.84. The Morgan fingerprint density at radius 3 is 3.32 bits per heavy atom. The third-order valence-electron chi connectivity index (χ3n) is 3.60. The van der Waals surface area contributed by atoms with Gasteiger partial charge in [0.1, 0.15) is 5.65 Å². The zero-order chi connectivity index (χ0) is 13.1. The molecule has 1 atom stereocenters. The normalized spacial score (nSPS) is 19.5. The van der Waals surface area contributed by atoms with Crippen LogP contribution in [0.2, 0.25) is 0 Å². The summed E-state index contributed by atoms with van der Waals surface area (Å²) in [6.07, 6.45) is 7.77. The highest BCUT2D eigenvalue weighted by Gasteiger charge is 2.14. The summed E-state index contributed by atoms with van der Waals surface area (Å²) >= 11 is 0. The van der Waals surface area contributed by atoms with Crippen molar-refractivity contribution in [2.45, 2.75) is 12.8 Å². The van der Waals surface area contributed by atoms with E-state index in [1.165, 1.54) is 12.8 Å². The maximum Gasteiger partial charge on any atom is 0.252 e. The molecular formula is C14H18N4O. The average molecular weight is 258 g/mol. The minimum absolute atomic E-state index is 0.0128. The van der Waals surface area contributed by atoms with Crippen molar-refractivity contribution in [2.75, 3.05) is 19.6 Å². The highest BCUT2D eigenvalue weighted by atomic mass is 16.1. The maximum absolute atomic E-state index is 12.1. The van der Waals surface area contributed by atoms with Gasteiger partial charge in [0.15, 0.2) is 0 Å². The smallest absolute Gasteiger partial charge is 0.252 e. The molecule has 0 radical (unpaired) electrons. The number of carbonyl (C=O) groups is 1. The predicted molar refractivity (Wildman–Crippen MR) is 73.1 cm³/mol. The number of hydrogen-bond acceptors (Lipinski definition) is 3. The molecule has 0 aromatic carbocycles. The first-order valence-corrected chi connectivity index (χ1v) is 6.74. The van der Waals surface area contributed by atoms with E-state index in [0.717, 1.165) is 25.3 Å². The lowest BCUT2D eigenvalue weighted by molar-refractivity contribution is 0.0944. The van der Waals surface area contributed by atoms with Gasteiger partial charge in [-0.2, -0.15) is 0 Å². The first-order chi connectivity index (χ1) is 9.33. The van der Waals surface area contributed by atoms with Crippen LogP contribution in [0.1, 0.15) is 23.2 Å². The Labute approximate surface area is 112 Å². The molecule has 3 heterocycles. The van der Waals surface area contributed by atoms with E-state index >= 15 is 0 Å². The van der Waals surface area contributed by atoms with Crippen molar-refractivity contribution in [1.29, 1.82) is 0 Å². The number of fused-ring (bicyclic) bond motifs is 1. The zero-order valence-electron chi connectivity index (χ0n) is 10.8. The number of amides is 1. The second-order valence-electron chi connectivity index (χ2n) is 5.03. The number of aromatic nitrogens is 2. The van der Waals surface area contributed by atoms with Crippen molar-refractivity contribution in [3.05, 3.63) is 36.3 Å². The van der Waals surface area contributed by atoms with E-state index in [-0.39, 0.29) is 5.91 Å². The summed E-state index contributed by atoms with van der Waals surface area (Å²) in [4.78, 5) is 16.2. The summed E-state index contributed by atoms with van der Waals surface area (Å²) in [6, 6.07) is 3.67. The summed E-state index contributed by atoms with van der Waals surface area (Å²) < 4.78 is 1.86. The molecule has 1 aliphatic heterocycles. The van der Waals surface area contributed by atoms with Crippen LogP contribution in [0, 0.1) is 5.92 Å². The molecule has 100 valence electrons. The average Bonchev–Trinajstić information content (AvgIpc) is 2.93. The van der Waals surface area contributed by atoms with Gasteiger partial charge in [0.2, 0.25) is 0 Å². The molecule has 5 nitrogen and oxygen atoms in total. The Balaban J connectivity index is 1.62. The molecular weight excluding hydrogens is 240 g/mol. The lowest BCUT2D eigenvalue weighted by Gasteiger charge is -2.22. The Morgan fingerprint density at radius 2 is 2.47 bits per heavy atom. The van der Waals surface area contributed by atoms with Crippen LogP contribution in [-0.2, 0) is 0 Å². The summed E-state index contributed by atoms with van der Waals surface area (Å²) in [5.41, 5.74) is 1.53. The monoisotopic (exact) mass is 258 g/mol. The quantitative estimate of drug-likeness (QED) is 0.865. The van der Waals surface area contributed by atoms with Gasteiger partial charge in [-0.05, 0) is 44.0 Å². The van der Waals surface area contributed by atoms with E-state index in [1.54, 1.807) is 6.20 Å². The van der Waals surface area contributed by atoms with Crippen LogP contribution < -0.4 is 10.6 Å². The van der Waals surface area contributed by atoms with Gasteiger partial charge in [-0.1, -0.05) is 0 Å². The van der Waals surface area contributed by atoms with Gasteiger partial charge in [-0.3, -0.25) is 4.79 Å². The highest BCUT2D eigenvalue weighted by molar-refractivity contribution is 5.94. The van der Waals surface area contributed by atoms with Crippen molar-refractivity contribution in [3.8, 4) is 0 Å². The Hall–Kier alpha value is -1.88. The molecule has 1 saturated heterocycles. The minimum atomic E-state index is -0.0128. The van der Waals surface area contributed by atoms with Crippen LogP contribution >= 0.6 is 0 Å². The van der Waals surface area contributed by atoms with Crippen molar-refractivity contribution < 1.29 is 4.79 Å². The molecule has 5 heteroatoms. The van der Waals surface area contributed by atoms with E-state index < -0.39 is 0 Å². The molecule has 2 aromatic rings. The summed E-state index contributed by atoms with van der Waals surface area (Å²) in [7, 11) is 0. The Kier molecular flexibility index (Phi) is 3.46. The number of carbonyl (C=O) groups excluding carboxylic acids is 1.